The number of nitrogens with one attached hydrogen (secondary N) is 1. The van der Waals surface area contributed by atoms with Crippen molar-refractivity contribution in [3.05, 3.63) is 27.2 Å². The zero-order valence-electron chi connectivity index (χ0n) is 7.45. The van der Waals surface area contributed by atoms with Gasteiger partial charge in [0.15, 0.2) is 0 Å². The Kier molecular flexibility index (Phi) is 4.29. The standard InChI is InChI=1S/C8H4Cl3F3N2/c9-4-1-5(10)7(6(11)2-4)16-15-3-8(12,13)14/h1-3,16H. The third-order valence-electron chi connectivity index (χ3n) is 1.39. The lowest BCUT2D eigenvalue weighted by Gasteiger charge is -2.06. The molecule has 0 radical (unpaired) electrons. The van der Waals surface area contributed by atoms with E-state index in [9.17, 15) is 13.2 Å². The van der Waals surface area contributed by atoms with Gasteiger partial charge >= 0.3 is 6.18 Å². The molecule has 0 fully saturated rings. The molecule has 0 unspecified atom stereocenters. The molecule has 1 aromatic rings. The van der Waals surface area contributed by atoms with Gasteiger partial charge in [0.2, 0.25) is 0 Å². The number of hydrogen-bond acceptors (Lipinski definition) is 2. The Hall–Kier alpha value is -0.650. The Morgan fingerprint density at radius 2 is 1.62 bits per heavy atom. The van der Waals surface area contributed by atoms with Crippen molar-refractivity contribution < 1.29 is 13.2 Å². The lowest BCUT2D eigenvalue weighted by Crippen LogP contribution is -2.10. The number of halogens is 6. The molecule has 0 spiro atoms. The highest BCUT2D eigenvalue weighted by Gasteiger charge is 2.23. The minimum absolute atomic E-state index is 0.0632. The predicted molar refractivity (Wildman–Crippen MR) is 59.6 cm³/mol. The zero-order chi connectivity index (χ0) is 12.3. The fourth-order valence-corrected chi connectivity index (χ4v) is 1.72. The summed E-state index contributed by atoms with van der Waals surface area (Å²) >= 11 is 17.0. The summed E-state index contributed by atoms with van der Waals surface area (Å²) in [5, 5.41) is 3.39. The zero-order valence-corrected chi connectivity index (χ0v) is 9.71. The normalized spacial score (nSPS) is 12.1. The molecule has 0 aliphatic heterocycles. The van der Waals surface area contributed by atoms with E-state index in [0.717, 1.165) is 0 Å². The third-order valence-corrected chi connectivity index (χ3v) is 2.21. The highest BCUT2D eigenvalue weighted by atomic mass is 35.5. The number of hydrazone groups is 1. The second-order valence-electron chi connectivity index (χ2n) is 2.66. The van der Waals surface area contributed by atoms with Gasteiger partial charge in [0.25, 0.3) is 0 Å². The molecular weight excluding hydrogens is 287 g/mol. The van der Waals surface area contributed by atoms with Crippen molar-refractivity contribution in [2.75, 3.05) is 5.43 Å². The van der Waals surface area contributed by atoms with Gasteiger partial charge in [-0.05, 0) is 12.1 Å². The number of rotatable bonds is 2. The number of nitrogens with zero attached hydrogens (tertiary/aromatic N) is 1. The maximum Gasteiger partial charge on any atom is 0.428 e. The maximum atomic E-state index is 11.7. The van der Waals surface area contributed by atoms with Gasteiger partial charge in [0, 0.05) is 5.02 Å². The van der Waals surface area contributed by atoms with Crippen molar-refractivity contribution in [1.29, 1.82) is 0 Å². The molecule has 0 bridgehead atoms. The van der Waals surface area contributed by atoms with Gasteiger partial charge in [-0.2, -0.15) is 18.3 Å². The molecule has 0 aromatic heterocycles. The smallest absolute Gasteiger partial charge is 0.275 e. The first kappa shape index (κ1) is 13.4. The molecule has 16 heavy (non-hydrogen) atoms. The summed E-state index contributed by atoms with van der Waals surface area (Å²) in [7, 11) is 0. The lowest BCUT2D eigenvalue weighted by atomic mass is 10.3. The van der Waals surface area contributed by atoms with Crippen molar-refractivity contribution in [1.82, 2.24) is 0 Å². The Morgan fingerprint density at radius 3 is 2.06 bits per heavy atom. The van der Waals surface area contributed by atoms with Crippen LogP contribution < -0.4 is 5.43 Å². The summed E-state index contributed by atoms with van der Waals surface area (Å²) in [5.41, 5.74) is 2.16. The van der Waals surface area contributed by atoms with Gasteiger partial charge in [0.05, 0.1) is 15.7 Å². The van der Waals surface area contributed by atoms with Crippen molar-refractivity contribution in [2.45, 2.75) is 6.18 Å². The van der Waals surface area contributed by atoms with E-state index in [1.165, 1.54) is 12.1 Å². The van der Waals surface area contributed by atoms with Crippen LogP contribution in [0.15, 0.2) is 17.2 Å². The maximum absolute atomic E-state index is 11.7. The molecule has 0 saturated carbocycles. The summed E-state index contributed by atoms with van der Waals surface area (Å²) < 4.78 is 35.2. The molecular formula is C8H4Cl3F3N2. The van der Waals surface area contributed by atoms with E-state index in [4.69, 9.17) is 34.8 Å². The van der Waals surface area contributed by atoms with E-state index in [0.29, 0.717) is 0 Å². The Morgan fingerprint density at radius 1 is 1.12 bits per heavy atom. The van der Waals surface area contributed by atoms with Gasteiger partial charge in [0.1, 0.15) is 6.21 Å². The van der Waals surface area contributed by atoms with Crippen LogP contribution in [0.3, 0.4) is 0 Å². The number of benzene rings is 1. The molecule has 1 aromatic carbocycles. The van der Waals surface area contributed by atoms with E-state index < -0.39 is 6.18 Å². The minimum Gasteiger partial charge on any atom is -0.275 e. The molecule has 0 aliphatic carbocycles. The second kappa shape index (κ2) is 5.12. The number of anilines is 1. The van der Waals surface area contributed by atoms with Crippen LogP contribution in [0.25, 0.3) is 0 Å². The van der Waals surface area contributed by atoms with E-state index in [1.54, 1.807) is 0 Å². The van der Waals surface area contributed by atoms with Crippen molar-refractivity contribution in [3.63, 3.8) is 0 Å². The molecule has 0 aliphatic rings. The highest BCUT2D eigenvalue weighted by Crippen LogP contribution is 2.33. The van der Waals surface area contributed by atoms with Crippen LogP contribution in [-0.2, 0) is 0 Å². The fourth-order valence-electron chi connectivity index (χ4n) is 0.819. The fraction of sp³-hybridized carbons (Fsp3) is 0.125. The summed E-state index contributed by atoms with van der Waals surface area (Å²) in [6, 6.07) is 2.67. The molecule has 0 amide bonds. The Labute approximate surface area is 104 Å². The summed E-state index contributed by atoms with van der Waals surface area (Å²) in [4.78, 5) is 0. The van der Waals surface area contributed by atoms with Gasteiger partial charge in [-0.25, -0.2) is 0 Å². The third kappa shape index (κ3) is 4.08. The topological polar surface area (TPSA) is 24.4 Å². The van der Waals surface area contributed by atoms with Crippen LogP contribution in [0.5, 0.6) is 0 Å². The Bertz CT molecular complexity index is 394. The first-order valence-corrected chi connectivity index (χ1v) is 4.94. The summed E-state index contributed by atoms with van der Waals surface area (Å²) in [6.45, 7) is 0. The van der Waals surface area contributed by atoms with Crippen molar-refractivity contribution >= 4 is 46.7 Å². The van der Waals surface area contributed by atoms with Gasteiger partial charge in [-0.1, -0.05) is 34.8 Å². The van der Waals surface area contributed by atoms with Crippen LogP contribution in [0.1, 0.15) is 0 Å². The largest absolute Gasteiger partial charge is 0.428 e. The van der Waals surface area contributed by atoms with E-state index in [2.05, 4.69) is 10.5 Å². The van der Waals surface area contributed by atoms with Gasteiger partial charge in [-0.15, -0.1) is 0 Å². The first-order valence-electron chi connectivity index (χ1n) is 3.81. The highest BCUT2D eigenvalue weighted by molar-refractivity contribution is 6.41. The van der Waals surface area contributed by atoms with Crippen LogP contribution in [-0.4, -0.2) is 12.4 Å². The van der Waals surface area contributed by atoms with E-state index in [-0.39, 0.29) is 27.0 Å². The van der Waals surface area contributed by atoms with Crippen LogP contribution in [0.4, 0.5) is 18.9 Å². The van der Waals surface area contributed by atoms with Crippen LogP contribution >= 0.6 is 34.8 Å². The lowest BCUT2D eigenvalue weighted by molar-refractivity contribution is -0.0536. The summed E-state index contributed by atoms with van der Waals surface area (Å²) in [5.74, 6) is 0. The van der Waals surface area contributed by atoms with E-state index in [1.807, 2.05) is 0 Å². The van der Waals surface area contributed by atoms with Crippen LogP contribution in [0, 0.1) is 0 Å². The Balaban J connectivity index is 2.87. The first-order chi connectivity index (χ1) is 7.29. The summed E-state index contributed by atoms with van der Waals surface area (Å²) in [6.07, 6.45) is -4.72. The molecule has 8 heteroatoms. The SMILES string of the molecule is FC(F)(F)C=NNc1c(Cl)cc(Cl)cc1Cl. The van der Waals surface area contributed by atoms with Crippen molar-refractivity contribution in [2.24, 2.45) is 5.10 Å². The molecule has 0 saturated heterocycles. The molecule has 2 nitrogen and oxygen atoms in total. The predicted octanol–water partition coefficient (Wildman–Crippen LogP) is 4.61. The molecule has 0 heterocycles. The average Bonchev–Trinajstić information content (AvgIpc) is 2.07. The molecule has 88 valence electrons. The van der Waals surface area contributed by atoms with Crippen molar-refractivity contribution in [3.8, 4) is 0 Å². The molecule has 0 atom stereocenters. The van der Waals surface area contributed by atoms with Gasteiger partial charge in [-0.3, -0.25) is 5.43 Å². The molecule has 1 N–H and O–H groups in total. The van der Waals surface area contributed by atoms with E-state index >= 15 is 0 Å². The second-order valence-corrected chi connectivity index (χ2v) is 3.91. The number of alkyl halides is 3. The van der Waals surface area contributed by atoms with Crippen LogP contribution in [0.2, 0.25) is 15.1 Å². The quantitative estimate of drug-likeness (QED) is 0.624. The molecule has 1 rings (SSSR count). The van der Waals surface area contributed by atoms with Gasteiger partial charge < -0.3 is 0 Å². The minimum atomic E-state index is -4.50. The average molecular weight is 291 g/mol. The number of hydrogen-bond donors (Lipinski definition) is 1. The monoisotopic (exact) mass is 290 g/mol.